The van der Waals surface area contributed by atoms with Crippen molar-refractivity contribution in [3.8, 4) is 0 Å². The average molecular weight is 421 g/mol. The van der Waals surface area contributed by atoms with Crippen molar-refractivity contribution in [2.45, 2.75) is 64.8 Å². The van der Waals surface area contributed by atoms with Crippen LogP contribution in [0.15, 0.2) is 46.1 Å². The third kappa shape index (κ3) is 5.34. The highest BCUT2D eigenvalue weighted by atomic mass is 16.5. The van der Waals surface area contributed by atoms with Gasteiger partial charge in [0.05, 0.1) is 12.6 Å². The lowest BCUT2D eigenvalue weighted by atomic mass is 9.79. The van der Waals surface area contributed by atoms with E-state index in [1.165, 1.54) is 22.9 Å². The number of nitrogens with two attached hydrogens (primary N) is 2. The number of hydrogen-bond donors (Lipinski definition) is 3. The van der Waals surface area contributed by atoms with Crippen LogP contribution in [0.3, 0.4) is 0 Å². The van der Waals surface area contributed by atoms with Gasteiger partial charge in [-0.3, -0.25) is 4.99 Å². The smallest absolute Gasteiger partial charge is 0.0755 e. The van der Waals surface area contributed by atoms with E-state index in [1.54, 1.807) is 6.20 Å². The average Bonchev–Trinajstić information content (AvgIpc) is 3.31. The Bertz CT molecular complexity index is 918. The highest BCUT2D eigenvalue weighted by molar-refractivity contribution is 5.96. The highest BCUT2D eigenvalue weighted by Gasteiger charge is 2.23. The van der Waals surface area contributed by atoms with E-state index >= 15 is 0 Å². The van der Waals surface area contributed by atoms with Gasteiger partial charge in [0, 0.05) is 42.1 Å². The molecule has 0 spiro atoms. The molecule has 5 nitrogen and oxygen atoms in total. The number of nitrogens with one attached hydrogen (secondary N) is 1. The first kappa shape index (κ1) is 23.0. The van der Waals surface area contributed by atoms with Crippen molar-refractivity contribution >= 4 is 23.7 Å². The van der Waals surface area contributed by atoms with Gasteiger partial charge in [0.25, 0.3) is 0 Å². The van der Waals surface area contributed by atoms with Crippen molar-refractivity contribution < 1.29 is 4.74 Å². The third-order valence-corrected chi connectivity index (χ3v) is 6.18. The molecule has 1 aliphatic heterocycles. The summed E-state index contributed by atoms with van der Waals surface area (Å²) in [6, 6.07) is 4.17. The number of anilines is 1. The van der Waals surface area contributed by atoms with E-state index in [4.69, 9.17) is 26.6 Å². The number of rotatable bonds is 8. The molecule has 1 aromatic carbocycles. The molecule has 1 unspecified atom stereocenters. The standard InChI is InChI=1S/C26H36N4O/c1-3-4-7-21(19(14-27)16-30-20-12-13-31-17-20)22-8-5-6-9-23(22)26-18(2)10-11-25(29)24(26)15-28/h7,10-11,14-16,20,28H,3-6,8-9,12-13,17,27,29H2,1-2H3/b19-14+,21-7+,28-15?,30-16?. The van der Waals surface area contributed by atoms with Gasteiger partial charge in [0.15, 0.2) is 0 Å². The summed E-state index contributed by atoms with van der Waals surface area (Å²) >= 11 is 0. The number of aliphatic imine (C=N–C) groups is 1. The molecule has 0 saturated carbocycles. The van der Waals surface area contributed by atoms with Crippen molar-refractivity contribution in [3.63, 3.8) is 0 Å². The van der Waals surface area contributed by atoms with Gasteiger partial charge in [-0.05, 0) is 79.4 Å². The summed E-state index contributed by atoms with van der Waals surface area (Å²) in [7, 11) is 0. The molecule has 31 heavy (non-hydrogen) atoms. The number of ether oxygens (including phenoxy) is 1. The van der Waals surface area contributed by atoms with E-state index in [-0.39, 0.29) is 6.04 Å². The molecule has 0 bridgehead atoms. The van der Waals surface area contributed by atoms with E-state index in [1.807, 2.05) is 12.3 Å². The summed E-state index contributed by atoms with van der Waals surface area (Å²) in [4.78, 5) is 4.76. The number of aryl methyl sites for hydroxylation is 1. The molecule has 0 radical (unpaired) electrons. The second-order valence-electron chi connectivity index (χ2n) is 8.39. The number of nitrogen functional groups attached to an aromatic ring is 1. The van der Waals surface area contributed by atoms with Gasteiger partial charge in [-0.2, -0.15) is 0 Å². The molecule has 166 valence electrons. The number of nitrogens with zero attached hydrogens (tertiary/aromatic N) is 1. The number of hydrogen-bond acceptors (Lipinski definition) is 5. The Hall–Kier alpha value is -2.66. The van der Waals surface area contributed by atoms with Crippen LogP contribution in [0, 0.1) is 12.3 Å². The van der Waals surface area contributed by atoms with Crippen LogP contribution in [0.2, 0.25) is 0 Å². The maximum Gasteiger partial charge on any atom is 0.0755 e. The Balaban J connectivity index is 2.13. The summed E-state index contributed by atoms with van der Waals surface area (Å²) in [5, 5.41) is 8.00. The van der Waals surface area contributed by atoms with Gasteiger partial charge in [-0.1, -0.05) is 25.5 Å². The zero-order valence-electron chi connectivity index (χ0n) is 18.9. The van der Waals surface area contributed by atoms with Crippen molar-refractivity contribution in [3.05, 3.63) is 57.8 Å². The first-order valence-corrected chi connectivity index (χ1v) is 11.5. The van der Waals surface area contributed by atoms with Crippen molar-refractivity contribution in [1.29, 1.82) is 5.41 Å². The minimum Gasteiger partial charge on any atom is -0.404 e. The normalized spacial score (nSPS) is 20.6. The van der Waals surface area contributed by atoms with Crippen LogP contribution in [0.5, 0.6) is 0 Å². The van der Waals surface area contributed by atoms with Gasteiger partial charge >= 0.3 is 0 Å². The fourth-order valence-corrected chi connectivity index (χ4v) is 4.51. The van der Waals surface area contributed by atoms with E-state index in [2.05, 4.69) is 26.0 Å². The van der Waals surface area contributed by atoms with Crippen LogP contribution in [-0.2, 0) is 4.74 Å². The molecule has 1 heterocycles. The minimum absolute atomic E-state index is 0.211. The molecular formula is C26H36N4O. The summed E-state index contributed by atoms with van der Waals surface area (Å²) in [6.45, 7) is 5.76. The number of allylic oxidation sites excluding steroid dienone is 5. The van der Waals surface area contributed by atoms with Gasteiger partial charge in [0.1, 0.15) is 0 Å². The molecule has 0 amide bonds. The molecule has 2 aliphatic rings. The largest absolute Gasteiger partial charge is 0.404 e. The monoisotopic (exact) mass is 420 g/mol. The van der Waals surface area contributed by atoms with Gasteiger partial charge in [-0.15, -0.1) is 0 Å². The highest BCUT2D eigenvalue weighted by Crippen LogP contribution is 2.41. The third-order valence-electron chi connectivity index (χ3n) is 6.18. The van der Waals surface area contributed by atoms with Gasteiger partial charge < -0.3 is 21.6 Å². The summed E-state index contributed by atoms with van der Waals surface area (Å²) in [6.07, 6.45) is 14.6. The van der Waals surface area contributed by atoms with Crippen LogP contribution < -0.4 is 11.5 Å². The Kier molecular flexibility index (Phi) is 8.24. The second-order valence-corrected chi connectivity index (χ2v) is 8.39. The second kappa shape index (κ2) is 11.1. The summed E-state index contributed by atoms with van der Waals surface area (Å²) in [5.74, 6) is 0. The lowest BCUT2D eigenvalue weighted by molar-refractivity contribution is 0.194. The van der Waals surface area contributed by atoms with Crippen LogP contribution in [0.1, 0.15) is 68.6 Å². The van der Waals surface area contributed by atoms with Crippen LogP contribution >= 0.6 is 0 Å². The van der Waals surface area contributed by atoms with Gasteiger partial charge in [-0.25, -0.2) is 0 Å². The molecule has 5 heteroatoms. The molecule has 1 aliphatic carbocycles. The van der Waals surface area contributed by atoms with E-state index in [0.717, 1.165) is 73.8 Å². The topological polar surface area (TPSA) is 97.5 Å². The Morgan fingerprint density at radius 2 is 2.10 bits per heavy atom. The number of unbranched alkanes of at least 4 members (excludes halogenated alkanes) is 1. The van der Waals surface area contributed by atoms with Crippen molar-refractivity contribution in [2.24, 2.45) is 10.7 Å². The van der Waals surface area contributed by atoms with Crippen molar-refractivity contribution in [1.82, 2.24) is 0 Å². The van der Waals surface area contributed by atoms with E-state index < -0.39 is 0 Å². The predicted molar refractivity (Wildman–Crippen MR) is 132 cm³/mol. The lowest BCUT2D eigenvalue weighted by Crippen LogP contribution is -2.11. The molecule has 1 fully saturated rings. The predicted octanol–water partition coefficient (Wildman–Crippen LogP) is 5.33. The Labute approximate surface area is 186 Å². The molecule has 0 aromatic heterocycles. The fourth-order valence-electron chi connectivity index (χ4n) is 4.51. The zero-order chi connectivity index (χ0) is 22.2. The minimum atomic E-state index is 0.211. The maximum absolute atomic E-state index is 8.00. The summed E-state index contributed by atoms with van der Waals surface area (Å²) in [5.41, 5.74) is 20.9. The fraction of sp³-hybridized carbons (Fsp3) is 0.462. The molecule has 3 rings (SSSR count). The first-order chi connectivity index (χ1) is 15.1. The molecule has 1 aromatic rings. The first-order valence-electron chi connectivity index (χ1n) is 11.5. The van der Waals surface area contributed by atoms with E-state index in [9.17, 15) is 0 Å². The van der Waals surface area contributed by atoms with Crippen LogP contribution in [-0.4, -0.2) is 31.7 Å². The molecule has 1 atom stereocenters. The van der Waals surface area contributed by atoms with Crippen LogP contribution in [0.4, 0.5) is 5.69 Å². The zero-order valence-corrected chi connectivity index (χ0v) is 18.9. The molecular weight excluding hydrogens is 384 g/mol. The molecule has 5 N–H and O–H groups in total. The van der Waals surface area contributed by atoms with Crippen molar-refractivity contribution in [2.75, 3.05) is 18.9 Å². The Morgan fingerprint density at radius 1 is 1.29 bits per heavy atom. The Morgan fingerprint density at radius 3 is 2.77 bits per heavy atom. The summed E-state index contributed by atoms with van der Waals surface area (Å²) < 4.78 is 5.47. The SMILES string of the molecule is CCC/C=C(C1=C(c2c(C)ccc(N)c2C=N)CCCC1)\C(C=NC1CCOC1)=C\N. The molecule has 1 saturated heterocycles. The maximum atomic E-state index is 8.00. The van der Waals surface area contributed by atoms with Crippen LogP contribution in [0.25, 0.3) is 5.57 Å². The number of benzene rings is 1. The van der Waals surface area contributed by atoms with E-state index in [0.29, 0.717) is 12.3 Å². The quantitative estimate of drug-likeness (QED) is 0.301. The lowest BCUT2D eigenvalue weighted by Gasteiger charge is -2.26. The van der Waals surface area contributed by atoms with Gasteiger partial charge in [0.2, 0.25) is 0 Å².